The van der Waals surface area contributed by atoms with E-state index in [1.807, 2.05) is 0 Å². The lowest BCUT2D eigenvalue weighted by molar-refractivity contribution is -0.392. The van der Waals surface area contributed by atoms with Gasteiger partial charge in [-0.3, -0.25) is 4.79 Å². The van der Waals surface area contributed by atoms with Crippen LogP contribution in [-0.4, -0.2) is 294 Å². The number of carbonyl (C=O) groups excluding carboxylic acids is 2. The van der Waals surface area contributed by atoms with E-state index < -0.39 is 238 Å². The summed E-state index contributed by atoms with van der Waals surface area (Å²) >= 11 is 0. The Balaban J connectivity index is 0.837. The van der Waals surface area contributed by atoms with Gasteiger partial charge in [0, 0.05) is 0 Å². The minimum Gasteiger partial charge on any atom is -0.467 e. The molecule has 6 saturated heterocycles. The molecule has 35 atom stereocenters. The first-order chi connectivity index (χ1) is 43.6. The number of methoxy groups -OCH3 is 1. The van der Waals surface area contributed by atoms with Crippen LogP contribution in [-0.2, 0) is 71.2 Å². The number of aliphatic hydroxyl groups is 15. The SMILES string of the molecule is COC(=O)[C@H]1O[C@@H](O[C@H]2CC[C@]3(C)[C@H]4CC=C5[C@H]6CC(C)(C)CC[C@]6(C(=O)O[C@@H]6OC[C@@H](O)[C@H](O)[C@H]6O[C@@H]6O[C@@H](C)[C@H](O[C@@H]7OC[C@@H](O)[C@H](O)[C@H]7O)[C@@H](O[C@@H]7OC[C@@H](O)[C@H](O[C@@H]8OC[C@@H](O)[C@H](O)[C@H]8O)[C@H]7O)[C@H]6O)[C@H](O)C[C@@]5(C)[C@]4(C)CC[C@H]3C2(C)C)[C@H](O)[C@@H](O)[C@@H]1O. The van der Waals surface area contributed by atoms with Crippen LogP contribution in [0.4, 0.5) is 0 Å². The fourth-order valence-corrected chi connectivity index (χ4v) is 18.5. The molecule has 15 N–H and O–H groups in total. The van der Waals surface area contributed by atoms with Crippen LogP contribution in [0.1, 0.15) is 113 Å². The van der Waals surface area contributed by atoms with Gasteiger partial charge in [0.15, 0.2) is 43.7 Å². The molecule has 0 radical (unpaired) electrons. The van der Waals surface area contributed by atoms with Crippen molar-refractivity contribution in [3.8, 4) is 0 Å². The summed E-state index contributed by atoms with van der Waals surface area (Å²) in [6.45, 7) is 14.6. The van der Waals surface area contributed by atoms with Crippen LogP contribution < -0.4 is 0 Å². The Morgan fingerprint density at radius 2 is 1.02 bits per heavy atom. The van der Waals surface area contributed by atoms with Crippen molar-refractivity contribution in [2.75, 3.05) is 33.5 Å². The van der Waals surface area contributed by atoms with E-state index >= 15 is 4.79 Å². The van der Waals surface area contributed by atoms with Gasteiger partial charge in [0.25, 0.3) is 0 Å². The van der Waals surface area contributed by atoms with Crippen molar-refractivity contribution in [1.82, 2.24) is 0 Å². The normalized spacial score (nSPS) is 53.8. The molecule has 6 heterocycles. The molecule has 11 rings (SSSR count). The number of rotatable bonds is 13. The summed E-state index contributed by atoms with van der Waals surface area (Å²) < 4.78 is 76.8. The van der Waals surface area contributed by atoms with Gasteiger partial charge in [0.05, 0.1) is 51.8 Å². The van der Waals surface area contributed by atoms with E-state index in [0.29, 0.717) is 32.1 Å². The number of carbonyl (C=O) groups is 2. The zero-order valence-electron chi connectivity index (χ0n) is 54.0. The smallest absolute Gasteiger partial charge is 0.337 e. The van der Waals surface area contributed by atoms with E-state index in [9.17, 15) is 81.4 Å². The average Bonchev–Trinajstić information content (AvgIpc) is 0.672. The van der Waals surface area contributed by atoms with Crippen LogP contribution in [0, 0.1) is 50.2 Å². The lowest BCUT2D eigenvalue weighted by Crippen LogP contribution is -2.68. The second kappa shape index (κ2) is 26.6. The third kappa shape index (κ3) is 12.3. The Morgan fingerprint density at radius 1 is 0.495 bits per heavy atom. The number of hydrogen-bond acceptors (Lipinski definition) is 30. The minimum absolute atomic E-state index is 0.0613. The Labute approximate surface area is 538 Å². The third-order valence-corrected chi connectivity index (χ3v) is 24.2. The highest BCUT2D eigenvalue weighted by molar-refractivity contribution is 5.80. The van der Waals surface area contributed by atoms with Crippen LogP contribution in [0.15, 0.2) is 11.6 Å². The fraction of sp³-hybridized carbons (Fsp3) is 0.937. The lowest BCUT2D eigenvalue weighted by Gasteiger charge is -2.71. The van der Waals surface area contributed by atoms with Gasteiger partial charge in [0.2, 0.25) is 6.29 Å². The van der Waals surface area contributed by atoms with E-state index in [4.69, 9.17) is 61.6 Å². The van der Waals surface area contributed by atoms with Crippen molar-refractivity contribution < 1.29 is 148 Å². The van der Waals surface area contributed by atoms with Crippen LogP contribution in [0.3, 0.4) is 0 Å². The maximum atomic E-state index is 15.7. The van der Waals surface area contributed by atoms with Crippen molar-refractivity contribution in [1.29, 1.82) is 0 Å². The molecule has 0 aromatic carbocycles. The predicted molar refractivity (Wildman–Crippen MR) is 309 cm³/mol. The predicted octanol–water partition coefficient (Wildman–Crippen LogP) is -3.65. The zero-order chi connectivity index (χ0) is 67.7. The number of ether oxygens (including phenoxy) is 13. The fourth-order valence-electron chi connectivity index (χ4n) is 18.5. The highest BCUT2D eigenvalue weighted by atomic mass is 16.8. The maximum absolute atomic E-state index is 15.7. The van der Waals surface area contributed by atoms with E-state index in [1.54, 1.807) is 0 Å². The molecule has 30 heteroatoms. The van der Waals surface area contributed by atoms with E-state index in [-0.39, 0.29) is 35.5 Å². The molecule has 30 nitrogen and oxygen atoms in total. The molecule has 5 aliphatic carbocycles. The quantitative estimate of drug-likeness (QED) is 0.0480. The highest BCUT2D eigenvalue weighted by Crippen LogP contribution is 2.76. The van der Waals surface area contributed by atoms with Crippen molar-refractivity contribution in [3.63, 3.8) is 0 Å². The second-order valence-corrected chi connectivity index (χ2v) is 30.4. The van der Waals surface area contributed by atoms with Crippen molar-refractivity contribution in [2.24, 2.45) is 50.2 Å². The van der Waals surface area contributed by atoms with Gasteiger partial charge in [0.1, 0.15) is 109 Å². The molecular formula is C63H100O30. The first-order valence-electron chi connectivity index (χ1n) is 32.8. The monoisotopic (exact) mass is 1340 g/mol. The Bertz CT molecular complexity index is 2670. The van der Waals surface area contributed by atoms with Gasteiger partial charge in [-0.1, -0.05) is 60.1 Å². The van der Waals surface area contributed by atoms with Crippen molar-refractivity contribution >= 4 is 11.9 Å². The molecule has 0 amide bonds. The molecule has 93 heavy (non-hydrogen) atoms. The molecular weight excluding hydrogens is 1240 g/mol. The molecule has 0 aromatic rings. The summed E-state index contributed by atoms with van der Waals surface area (Å²) in [5.74, 6) is -2.19. The molecule has 4 saturated carbocycles. The summed E-state index contributed by atoms with van der Waals surface area (Å²) in [5, 5.41) is 166. The van der Waals surface area contributed by atoms with E-state index in [2.05, 4.69) is 54.5 Å². The largest absolute Gasteiger partial charge is 0.467 e. The van der Waals surface area contributed by atoms with Gasteiger partial charge >= 0.3 is 11.9 Å². The molecule has 0 bridgehead atoms. The zero-order valence-corrected chi connectivity index (χ0v) is 54.0. The maximum Gasteiger partial charge on any atom is 0.337 e. The van der Waals surface area contributed by atoms with Crippen LogP contribution in [0.2, 0.25) is 0 Å². The lowest BCUT2D eigenvalue weighted by atomic mass is 9.33. The first kappa shape index (κ1) is 71.9. The molecule has 0 aromatic heterocycles. The second-order valence-electron chi connectivity index (χ2n) is 30.4. The molecule has 11 aliphatic rings. The van der Waals surface area contributed by atoms with Gasteiger partial charge < -0.3 is 138 Å². The third-order valence-electron chi connectivity index (χ3n) is 24.2. The summed E-state index contributed by atoms with van der Waals surface area (Å²) in [6.07, 6.45) is -39.4. The minimum atomic E-state index is -2.08. The van der Waals surface area contributed by atoms with Crippen molar-refractivity contribution in [2.45, 2.75) is 285 Å². The number of aliphatic hydroxyl groups excluding tert-OH is 15. The van der Waals surface area contributed by atoms with Gasteiger partial charge in [-0.15, -0.1) is 0 Å². The topological polar surface area (TPSA) is 458 Å². The van der Waals surface area contributed by atoms with Gasteiger partial charge in [-0.2, -0.15) is 0 Å². The first-order valence-corrected chi connectivity index (χ1v) is 32.8. The number of esters is 2. The van der Waals surface area contributed by atoms with Crippen LogP contribution in [0.25, 0.3) is 0 Å². The standard InChI is InChI=1S/C63H100O30/c1-24-45(88-51-40(74)35(69)27(64)20-82-51)47(90-53-43(77)46(30(67)23-84-53)89-52-41(75)36(70)28(65)21-83-52)44(78)55(86-24)92-49-37(71)29(66)22-85-56(49)93-57(80)63-17-16-58(2,3)18-26(63)25-10-11-32-60(6)14-13-34(87-54-42(76)38(72)39(73)48(91-54)50(79)81-9)59(4,5)31(60)12-15-61(32,7)62(25,8)19-33(63)68/h10,24,26-49,51-56,64-78H,11-23H2,1-9H3/t24-,26+,27+,28+,29+,30+,31-,32+,33+,34-,35-,36-,37-,38-,39-,40+,41+,42+,43+,44+,45-,46-,47-,48-,49+,51-,52-,53-,54+,55-,56-,60-,61+,62+,63+/m0/s1. The molecule has 0 unspecified atom stereocenters. The molecule has 10 fully saturated rings. The Kier molecular flexibility index (Phi) is 20.6. The van der Waals surface area contributed by atoms with E-state index in [0.717, 1.165) is 25.5 Å². The number of fused-ring (bicyclic) bond motifs is 7. The molecule has 532 valence electrons. The summed E-state index contributed by atoms with van der Waals surface area (Å²) in [4.78, 5) is 28.3. The van der Waals surface area contributed by atoms with Crippen molar-refractivity contribution in [3.05, 3.63) is 11.6 Å². The summed E-state index contributed by atoms with van der Waals surface area (Å²) in [7, 11) is 1.13. The van der Waals surface area contributed by atoms with Gasteiger partial charge in [-0.25, -0.2) is 4.79 Å². The Hall–Kier alpha value is -2.36. The molecule has 6 aliphatic heterocycles. The highest BCUT2D eigenvalue weighted by Gasteiger charge is 2.72. The van der Waals surface area contributed by atoms with E-state index in [1.165, 1.54) is 6.92 Å². The average molecular weight is 1340 g/mol. The van der Waals surface area contributed by atoms with Gasteiger partial charge in [-0.05, 0) is 110 Å². The summed E-state index contributed by atoms with van der Waals surface area (Å²) in [6, 6.07) is 0. The summed E-state index contributed by atoms with van der Waals surface area (Å²) in [5.41, 5.74) is -2.76. The Morgan fingerprint density at radius 3 is 1.65 bits per heavy atom. The number of hydrogen-bond donors (Lipinski definition) is 15. The van der Waals surface area contributed by atoms with Crippen LogP contribution >= 0.6 is 0 Å². The number of allylic oxidation sites excluding steroid dienone is 2. The molecule has 0 spiro atoms. The van der Waals surface area contributed by atoms with Crippen LogP contribution in [0.5, 0.6) is 0 Å².